The first-order valence-corrected chi connectivity index (χ1v) is 9.98. The lowest BCUT2D eigenvalue weighted by molar-refractivity contribution is 0.0254. The quantitative estimate of drug-likeness (QED) is 0.513. The zero-order valence-corrected chi connectivity index (χ0v) is 16.2. The molecule has 29 heavy (non-hydrogen) atoms. The van der Waals surface area contributed by atoms with E-state index < -0.39 is 0 Å². The number of hydrogen-bond acceptors (Lipinski definition) is 3. The van der Waals surface area contributed by atoms with E-state index >= 15 is 0 Å². The van der Waals surface area contributed by atoms with Crippen molar-refractivity contribution in [3.8, 4) is 0 Å². The fourth-order valence-electron chi connectivity index (χ4n) is 3.58. The average molecular weight is 384 g/mol. The molecule has 0 aromatic heterocycles. The van der Waals surface area contributed by atoms with Crippen LogP contribution in [0.4, 0.5) is 0 Å². The first-order chi connectivity index (χ1) is 14.3. The van der Waals surface area contributed by atoms with Gasteiger partial charge in [-0.15, -0.1) is 0 Å². The topological polar surface area (TPSA) is 35.5 Å². The average Bonchev–Trinajstić information content (AvgIpc) is 2.80. The molecule has 3 heteroatoms. The summed E-state index contributed by atoms with van der Waals surface area (Å²) < 4.78 is 12.0. The first kappa shape index (κ1) is 19.2. The van der Waals surface area contributed by atoms with Crippen molar-refractivity contribution < 1.29 is 14.3 Å². The second-order valence-corrected chi connectivity index (χ2v) is 7.16. The standard InChI is InChI=1S/C26H24O3/c27-26(22-14-8-3-9-15-22)29-25-17-16-23(28-19-20-10-4-1-5-11-20)18-24(25)21-12-6-2-7-13-21/h1-15,18,23,25H,16-17,19H2/t23-,25-/m1/s1. The Morgan fingerprint density at radius 3 is 2.10 bits per heavy atom. The molecule has 4 rings (SSSR count). The molecule has 0 unspecified atom stereocenters. The molecule has 0 saturated carbocycles. The molecule has 0 aliphatic heterocycles. The maximum Gasteiger partial charge on any atom is 0.338 e. The third kappa shape index (κ3) is 5.01. The van der Waals surface area contributed by atoms with Gasteiger partial charge in [-0.1, -0.05) is 78.9 Å². The second-order valence-electron chi connectivity index (χ2n) is 7.16. The molecule has 1 aliphatic rings. The zero-order chi connectivity index (χ0) is 19.9. The van der Waals surface area contributed by atoms with E-state index in [-0.39, 0.29) is 18.2 Å². The summed E-state index contributed by atoms with van der Waals surface area (Å²) in [5, 5.41) is 0. The normalized spacial score (nSPS) is 18.7. The highest BCUT2D eigenvalue weighted by molar-refractivity contribution is 5.90. The molecule has 0 bridgehead atoms. The minimum absolute atomic E-state index is 0.00269. The van der Waals surface area contributed by atoms with Gasteiger partial charge in [0.2, 0.25) is 0 Å². The minimum Gasteiger partial charge on any atom is -0.454 e. The van der Waals surface area contributed by atoms with Crippen LogP contribution in [0.3, 0.4) is 0 Å². The Hall–Kier alpha value is -3.17. The van der Waals surface area contributed by atoms with Crippen molar-refractivity contribution >= 4 is 11.5 Å². The Morgan fingerprint density at radius 1 is 0.793 bits per heavy atom. The number of ether oxygens (including phenoxy) is 2. The molecule has 0 fully saturated rings. The fraction of sp³-hybridized carbons (Fsp3) is 0.192. The van der Waals surface area contributed by atoms with Crippen molar-refractivity contribution in [2.24, 2.45) is 0 Å². The van der Waals surface area contributed by atoms with E-state index in [1.807, 2.05) is 54.6 Å². The summed E-state index contributed by atoms with van der Waals surface area (Å²) >= 11 is 0. The Bertz CT molecular complexity index is 949. The largest absolute Gasteiger partial charge is 0.454 e. The highest BCUT2D eigenvalue weighted by Gasteiger charge is 2.28. The third-order valence-corrected chi connectivity index (χ3v) is 5.10. The van der Waals surface area contributed by atoms with Crippen molar-refractivity contribution in [1.82, 2.24) is 0 Å². The fourth-order valence-corrected chi connectivity index (χ4v) is 3.58. The summed E-state index contributed by atoms with van der Waals surface area (Å²) in [6, 6.07) is 29.4. The molecular weight excluding hydrogens is 360 g/mol. The Balaban J connectivity index is 1.52. The lowest BCUT2D eigenvalue weighted by Crippen LogP contribution is -2.27. The molecule has 0 N–H and O–H groups in total. The van der Waals surface area contributed by atoms with E-state index in [2.05, 4.69) is 30.3 Å². The van der Waals surface area contributed by atoms with Gasteiger partial charge in [-0.25, -0.2) is 4.79 Å². The van der Waals surface area contributed by atoms with Gasteiger partial charge in [0.25, 0.3) is 0 Å². The molecule has 0 spiro atoms. The van der Waals surface area contributed by atoms with E-state index in [1.54, 1.807) is 12.1 Å². The van der Waals surface area contributed by atoms with Crippen LogP contribution in [-0.2, 0) is 16.1 Å². The van der Waals surface area contributed by atoms with Gasteiger partial charge >= 0.3 is 5.97 Å². The molecule has 3 nitrogen and oxygen atoms in total. The van der Waals surface area contributed by atoms with Crippen LogP contribution in [0.15, 0.2) is 97.1 Å². The number of benzene rings is 3. The van der Waals surface area contributed by atoms with Gasteiger partial charge in [0.05, 0.1) is 18.3 Å². The lowest BCUT2D eigenvalue weighted by Gasteiger charge is -2.29. The summed E-state index contributed by atoms with van der Waals surface area (Å²) in [5.74, 6) is -0.291. The van der Waals surface area contributed by atoms with Gasteiger partial charge in [0.1, 0.15) is 6.10 Å². The number of rotatable bonds is 6. The molecular formula is C26H24O3. The van der Waals surface area contributed by atoms with E-state index in [0.717, 1.165) is 29.5 Å². The third-order valence-electron chi connectivity index (χ3n) is 5.10. The van der Waals surface area contributed by atoms with Gasteiger partial charge < -0.3 is 9.47 Å². The maximum absolute atomic E-state index is 12.6. The van der Waals surface area contributed by atoms with Crippen LogP contribution >= 0.6 is 0 Å². The molecule has 2 atom stereocenters. The summed E-state index contributed by atoms with van der Waals surface area (Å²) in [6.07, 6.45) is 3.39. The number of esters is 1. The van der Waals surface area contributed by atoms with E-state index in [9.17, 15) is 4.79 Å². The molecule has 0 radical (unpaired) electrons. The lowest BCUT2D eigenvalue weighted by atomic mass is 9.89. The van der Waals surface area contributed by atoms with Crippen LogP contribution in [0.25, 0.3) is 5.57 Å². The molecule has 3 aromatic carbocycles. The summed E-state index contributed by atoms with van der Waals surface area (Å²) in [4.78, 5) is 12.6. The van der Waals surface area contributed by atoms with Crippen LogP contribution in [0, 0.1) is 0 Å². The van der Waals surface area contributed by atoms with Crippen molar-refractivity contribution in [3.05, 3.63) is 114 Å². The highest BCUT2D eigenvalue weighted by atomic mass is 16.5. The van der Waals surface area contributed by atoms with Crippen LogP contribution in [0.2, 0.25) is 0 Å². The van der Waals surface area contributed by atoms with Gasteiger partial charge in [-0.3, -0.25) is 0 Å². The molecule has 0 amide bonds. The number of carbonyl (C=O) groups excluding carboxylic acids is 1. The maximum atomic E-state index is 12.6. The molecule has 3 aromatic rings. The molecule has 0 heterocycles. The molecule has 146 valence electrons. The van der Waals surface area contributed by atoms with Gasteiger partial charge in [-0.05, 0) is 47.8 Å². The van der Waals surface area contributed by atoms with Gasteiger partial charge in [0, 0.05) is 0 Å². The first-order valence-electron chi connectivity index (χ1n) is 9.98. The van der Waals surface area contributed by atoms with E-state index in [0.29, 0.717) is 12.2 Å². The number of hydrogen-bond donors (Lipinski definition) is 0. The van der Waals surface area contributed by atoms with Crippen molar-refractivity contribution in [3.63, 3.8) is 0 Å². The zero-order valence-electron chi connectivity index (χ0n) is 16.2. The van der Waals surface area contributed by atoms with E-state index in [4.69, 9.17) is 9.47 Å². The van der Waals surface area contributed by atoms with Crippen LogP contribution in [0.5, 0.6) is 0 Å². The van der Waals surface area contributed by atoms with Crippen molar-refractivity contribution in [2.45, 2.75) is 31.7 Å². The predicted octanol–water partition coefficient (Wildman–Crippen LogP) is 5.67. The van der Waals surface area contributed by atoms with Gasteiger partial charge in [-0.2, -0.15) is 0 Å². The van der Waals surface area contributed by atoms with Crippen LogP contribution in [-0.4, -0.2) is 18.2 Å². The van der Waals surface area contributed by atoms with Crippen molar-refractivity contribution in [1.29, 1.82) is 0 Å². The summed E-state index contributed by atoms with van der Waals surface area (Å²) in [5.41, 5.74) is 3.80. The highest BCUT2D eigenvalue weighted by Crippen LogP contribution is 2.32. The summed E-state index contributed by atoms with van der Waals surface area (Å²) in [7, 11) is 0. The monoisotopic (exact) mass is 384 g/mol. The second kappa shape index (κ2) is 9.35. The van der Waals surface area contributed by atoms with Crippen LogP contribution < -0.4 is 0 Å². The molecule has 0 saturated heterocycles. The van der Waals surface area contributed by atoms with E-state index in [1.165, 1.54) is 0 Å². The minimum atomic E-state index is -0.291. The smallest absolute Gasteiger partial charge is 0.338 e. The van der Waals surface area contributed by atoms with Crippen LogP contribution in [0.1, 0.15) is 34.3 Å². The Labute approximate surface area is 171 Å². The molecule has 1 aliphatic carbocycles. The number of carbonyl (C=O) groups is 1. The predicted molar refractivity (Wildman–Crippen MR) is 114 cm³/mol. The Morgan fingerprint density at radius 2 is 1.41 bits per heavy atom. The summed E-state index contributed by atoms with van der Waals surface area (Å²) in [6.45, 7) is 0.568. The SMILES string of the molecule is O=C(O[C@@H]1CC[C@@H](OCc2ccccc2)C=C1c1ccccc1)c1ccccc1. The van der Waals surface area contributed by atoms with Gasteiger partial charge in [0.15, 0.2) is 0 Å². The Kier molecular flexibility index (Phi) is 6.18. The van der Waals surface area contributed by atoms with Crippen molar-refractivity contribution in [2.75, 3.05) is 0 Å².